The zero-order valence-electron chi connectivity index (χ0n) is 34.7. The van der Waals surface area contributed by atoms with Crippen molar-refractivity contribution >= 4 is 17.7 Å². The lowest BCUT2D eigenvalue weighted by Gasteiger charge is -2.45. The molecule has 2 fully saturated rings. The van der Waals surface area contributed by atoms with Crippen molar-refractivity contribution in [1.29, 1.82) is 0 Å². The number of aryl methyl sites for hydroxylation is 2. The van der Waals surface area contributed by atoms with Crippen molar-refractivity contribution in [2.75, 3.05) is 45.8 Å². The SMILES string of the molecule is Cn1cncc1CN1CCN(CC[C@H](NC(=O)C2CCC(F)(F)CC2)c2ccccc2)CC1CN(CCCCN1C(=O)c2ccccc2C1=O)C1CCCc2cccnc21. The van der Waals surface area contributed by atoms with Crippen molar-refractivity contribution in [3.63, 3.8) is 0 Å². The van der Waals surface area contributed by atoms with Gasteiger partial charge in [0.15, 0.2) is 0 Å². The Balaban J connectivity index is 0.981. The first-order valence-corrected chi connectivity index (χ1v) is 21.9. The van der Waals surface area contributed by atoms with Crippen LogP contribution in [0.2, 0.25) is 0 Å². The highest BCUT2D eigenvalue weighted by atomic mass is 19.3. The van der Waals surface area contributed by atoms with Crippen LogP contribution in [0.3, 0.4) is 0 Å². The number of unbranched alkanes of at least 4 members (excludes halogenated alkanes) is 1. The molecule has 8 rings (SSSR count). The summed E-state index contributed by atoms with van der Waals surface area (Å²) < 4.78 is 30.0. The third-order valence-corrected chi connectivity index (χ3v) is 13.3. The average Bonchev–Trinajstić information content (AvgIpc) is 3.78. The summed E-state index contributed by atoms with van der Waals surface area (Å²) in [7, 11) is 2.04. The molecule has 0 spiro atoms. The lowest BCUT2D eigenvalue weighted by atomic mass is 9.86. The lowest BCUT2D eigenvalue weighted by molar-refractivity contribution is -0.130. The third-order valence-electron chi connectivity index (χ3n) is 13.3. The van der Waals surface area contributed by atoms with Gasteiger partial charge < -0.3 is 14.8 Å². The van der Waals surface area contributed by atoms with E-state index in [1.807, 2.05) is 62.2 Å². The quantitative estimate of drug-likeness (QED) is 0.0970. The van der Waals surface area contributed by atoms with Crippen LogP contribution in [0.5, 0.6) is 0 Å². The van der Waals surface area contributed by atoms with Crippen LogP contribution in [0, 0.1) is 5.92 Å². The fourth-order valence-corrected chi connectivity index (χ4v) is 9.81. The van der Waals surface area contributed by atoms with Crippen LogP contribution in [0.4, 0.5) is 8.78 Å². The third kappa shape index (κ3) is 9.69. The maximum absolute atomic E-state index is 14.0. The van der Waals surface area contributed by atoms with E-state index in [9.17, 15) is 23.2 Å². The molecule has 2 aliphatic carbocycles. The van der Waals surface area contributed by atoms with Crippen molar-refractivity contribution in [3.05, 3.63) is 119 Å². The van der Waals surface area contributed by atoms with Gasteiger partial charge in [-0.2, -0.15) is 0 Å². The number of rotatable bonds is 16. The average molecular weight is 821 g/mol. The first-order valence-electron chi connectivity index (χ1n) is 21.9. The lowest BCUT2D eigenvalue weighted by Crippen LogP contribution is -2.57. The molecule has 60 heavy (non-hydrogen) atoms. The zero-order valence-corrected chi connectivity index (χ0v) is 34.7. The molecule has 2 unspecified atom stereocenters. The Morgan fingerprint density at radius 3 is 2.42 bits per heavy atom. The molecular weight excluding hydrogens is 763 g/mol. The van der Waals surface area contributed by atoms with Gasteiger partial charge in [0.25, 0.3) is 11.8 Å². The number of fused-ring (bicyclic) bond motifs is 2. The number of benzene rings is 2. The molecule has 2 aromatic carbocycles. The number of imidazole rings is 1. The summed E-state index contributed by atoms with van der Waals surface area (Å²) in [6.45, 7) is 6.10. The highest BCUT2D eigenvalue weighted by Gasteiger charge is 2.39. The number of carbonyl (C=O) groups is 3. The summed E-state index contributed by atoms with van der Waals surface area (Å²) >= 11 is 0. The summed E-state index contributed by atoms with van der Waals surface area (Å²) in [5.41, 5.74) is 5.60. The summed E-state index contributed by atoms with van der Waals surface area (Å²) in [4.78, 5) is 58.3. The topological polar surface area (TPSA) is 107 Å². The van der Waals surface area contributed by atoms with Crippen molar-refractivity contribution < 1.29 is 23.2 Å². The molecular formula is C47H58F2N8O3. The maximum Gasteiger partial charge on any atom is 0.261 e. The van der Waals surface area contributed by atoms with E-state index in [0.717, 1.165) is 88.4 Å². The number of hydrogen-bond donors (Lipinski definition) is 1. The van der Waals surface area contributed by atoms with Gasteiger partial charge >= 0.3 is 0 Å². The molecule has 2 aromatic heterocycles. The van der Waals surface area contributed by atoms with Crippen LogP contribution in [0.15, 0.2) is 85.5 Å². The number of imide groups is 1. The Labute approximate surface area is 352 Å². The number of aromatic nitrogens is 3. The first-order chi connectivity index (χ1) is 29.1. The van der Waals surface area contributed by atoms with Gasteiger partial charge in [-0.1, -0.05) is 48.5 Å². The minimum Gasteiger partial charge on any atom is -0.349 e. The van der Waals surface area contributed by atoms with Gasteiger partial charge in [0, 0.05) is 90.1 Å². The smallest absolute Gasteiger partial charge is 0.261 e. The number of alkyl halides is 2. The summed E-state index contributed by atoms with van der Waals surface area (Å²) in [6, 6.07) is 21.4. The molecule has 2 aliphatic heterocycles. The van der Waals surface area contributed by atoms with E-state index in [0.29, 0.717) is 30.5 Å². The molecule has 3 amide bonds. The molecule has 1 saturated carbocycles. The molecule has 4 aliphatic rings. The Kier molecular flexibility index (Phi) is 13.1. The molecule has 1 saturated heterocycles. The van der Waals surface area contributed by atoms with Crippen molar-refractivity contribution in [2.45, 2.75) is 94.8 Å². The standard InChI is InChI=1S/C47H58F2N8O3/c1-53-33-50-29-37(53)31-55-28-27-54(26-20-41(34-11-3-2-4-12-34)52-44(58)36-18-21-47(48,49)22-19-36)30-38(55)32-56(42-17-9-13-35-14-10-23-51-43(35)42)24-7-8-25-57-45(59)39-15-5-6-16-40(39)46(57)60/h2-6,10-12,14-16,23,29,33,36,38,41-42H,7-9,13,17-22,24-28,30-32H2,1H3,(H,52,58)/t38?,41-,42?/m0/s1. The monoisotopic (exact) mass is 820 g/mol. The van der Waals surface area contributed by atoms with Gasteiger partial charge in [-0.05, 0) is 87.2 Å². The van der Waals surface area contributed by atoms with E-state index in [1.54, 1.807) is 24.3 Å². The van der Waals surface area contributed by atoms with Crippen molar-refractivity contribution in [2.24, 2.45) is 13.0 Å². The van der Waals surface area contributed by atoms with Crippen LogP contribution in [-0.2, 0) is 24.8 Å². The van der Waals surface area contributed by atoms with Crippen molar-refractivity contribution in [1.82, 2.24) is 39.5 Å². The van der Waals surface area contributed by atoms with Crippen LogP contribution in [-0.4, -0.2) is 110 Å². The summed E-state index contributed by atoms with van der Waals surface area (Å²) in [5, 5.41) is 3.28. The summed E-state index contributed by atoms with van der Waals surface area (Å²) in [5.74, 6) is -3.62. The maximum atomic E-state index is 14.0. The first kappa shape index (κ1) is 41.9. The molecule has 13 heteroatoms. The van der Waals surface area contributed by atoms with Crippen LogP contribution in [0.25, 0.3) is 0 Å². The van der Waals surface area contributed by atoms with Gasteiger partial charge in [0.1, 0.15) is 0 Å². The number of piperazine rings is 1. The Bertz CT molecular complexity index is 2070. The fourth-order valence-electron chi connectivity index (χ4n) is 9.81. The molecule has 318 valence electrons. The van der Waals surface area contributed by atoms with Crippen molar-refractivity contribution in [3.8, 4) is 0 Å². The Morgan fingerprint density at radius 2 is 1.68 bits per heavy atom. The minimum absolute atomic E-state index is 0.127. The highest BCUT2D eigenvalue weighted by Crippen LogP contribution is 2.37. The van der Waals surface area contributed by atoms with E-state index in [4.69, 9.17) is 4.98 Å². The van der Waals surface area contributed by atoms with Gasteiger partial charge in [0.2, 0.25) is 11.8 Å². The largest absolute Gasteiger partial charge is 0.349 e. The number of carbonyl (C=O) groups excluding carboxylic acids is 3. The van der Waals surface area contributed by atoms with Crippen LogP contribution >= 0.6 is 0 Å². The van der Waals surface area contributed by atoms with Gasteiger partial charge in [-0.25, -0.2) is 13.8 Å². The van der Waals surface area contributed by atoms with E-state index in [-0.39, 0.29) is 61.5 Å². The zero-order chi connectivity index (χ0) is 41.6. The van der Waals surface area contributed by atoms with E-state index < -0.39 is 11.8 Å². The molecule has 3 atom stereocenters. The Morgan fingerprint density at radius 1 is 0.933 bits per heavy atom. The van der Waals surface area contributed by atoms with Gasteiger partial charge in [-0.15, -0.1) is 0 Å². The highest BCUT2D eigenvalue weighted by molar-refractivity contribution is 6.21. The molecule has 0 bridgehead atoms. The molecule has 4 heterocycles. The normalized spacial score (nSPS) is 21.6. The minimum atomic E-state index is -2.68. The number of nitrogens with one attached hydrogen (secondary N) is 1. The molecule has 11 nitrogen and oxygen atoms in total. The second-order valence-corrected chi connectivity index (χ2v) is 17.3. The molecule has 1 N–H and O–H groups in total. The number of halogens is 2. The number of hydrogen-bond acceptors (Lipinski definition) is 8. The van der Waals surface area contributed by atoms with E-state index >= 15 is 0 Å². The molecule has 4 aromatic rings. The predicted molar refractivity (Wildman–Crippen MR) is 225 cm³/mol. The number of amides is 3. The van der Waals surface area contributed by atoms with Crippen LogP contribution in [0.1, 0.15) is 113 Å². The summed E-state index contributed by atoms with van der Waals surface area (Å²) in [6.07, 6.45) is 11.0. The van der Waals surface area contributed by atoms with Gasteiger partial charge in [-0.3, -0.25) is 34.1 Å². The Hall–Kier alpha value is -4.85. The second kappa shape index (κ2) is 18.8. The second-order valence-electron chi connectivity index (χ2n) is 17.3. The van der Waals surface area contributed by atoms with Gasteiger partial charge in [0.05, 0.1) is 40.9 Å². The van der Waals surface area contributed by atoms with E-state index in [2.05, 4.69) is 35.6 Å². The fraction of sp³-hybridized carbons (Fsp3) is 0.511. The van der Waals surface area contributed by atoms with E-state index in [1.165, 1.54) is 10.5 Å². The van der Waals surface area contributed by atoms with Crippen LogP contribution < -0.4 is 5.32 Å². The predicted octanol–water partition coefficient (Wildman–Crippen LogP) is 6.83. The number of nitrogens with zero attached hydrogens (tertiary/aromatic N) is 7. The number of pyridine rings is 1. The molecule has 0 radical (unpaired) electrons.